The average molecular weight is 274 g/mol. The molecule has 0 aliphatic carbocycles. The van der Waals surface area contributed by atoms with E-state index in [2.05, 4.69) is 6.58 Å². The molecular weight excluding hydrogens is 265 g/mol. The van der Waals surface area contributed by atoms with Crippen molar-refractivity contribution in [3.63, 3.8) is 0 Å². The zero-order chi connectivity index (χ0) is 13.6. The van der Waals surface area contributed by atoms with Gasteiger partial charge in [0.2, 0.25) is 0 Å². The zero-order valence-corrected chi connectivity index (χ0v) is 10.9. The average Bonchev–Trinajstić information content (AvgIpc) is 2.00. The number of hydrogen-bond donors (Lipinski definition) is 1. The summed E-state index contributed by atoms with van der Waals surface area (Å²) in [6.07, 6.45) is -9.51. The van der Waals surface area contributed by atoms with E-state index < -0.39 is 30.7 Å². The summed E-state index contributed by atoms with van der Waals surface area (Å²) < 4.78 is 68.9. The second kappa shape index (κ2) is 8.82. The summed E-state index contributed by atoms with van der Waals surface area (Å²) in [7, 11) is 0. The Kier molecular flexibility index (Phi) is 11.4. The molecule has 1 N–H and O–H groups in total. The summed E-state index contributed by atoms with van der Waals surface area (Å²) in [5.41, 5.74) is 0. The molecule has 0 fully saturated rings. The molecule has 0 heterocycles. The van der Waals surface area contributed by atoms with Crippen molar-refractivity contribution in [2.24, 2.45) is 0 Å². The van der Waals surface area contributed by atoms with Gasteiger partial charge in [0.1, 0.15) is 6.17 Å². The summed E-state index contributed by atoms with van der Waals surface area (Å²) in [6.45, 7) is 4.91. The van der Waals surface area contributed by atoms with Crippen molar-refractivity contribution in [2.75, 3.05) is 0 Å². The second-order valence-electron chi connectivity index (χ2n) is 2.59. The van der Waals surface area contributed by atoms with E-state index in [-0.39, 0.29) is 29.6 Å². The maximum atomic E-state index is 11.9. The minimum Gasteiger partial charge on any atom is -0.478 e. The number of rotatable bonds is 3. The van der Waals surface area contributed by atoms with Crippen molar-refractivity contribution in [3.05, 3.63) is 19.6 Å². The van der Waals surface area contributed by atoms with Gasteiger partial charge in [-0.1, -0.05) is 6.58 Å². The Bertz CT molecular complexity index is 235. The van der Waals surface area contributed by atoms with Crippen molar-refractivity contribution in [1.82, 2.24) is 0 Å². The largest absolute Gasteiger partial charge is 1.00 e. The SMILES string of the molecule is C=CC(=O)O.[CH2-]C(F)(F)C(F)CC(F)(F)F.[Na+]. The Morgan fingerprint density at radius 3 is 1.71 bits per heavy atom. The Hall–Kier alpha value is -0.210. The summed E-state index contributed by atoms with van der Waals surface area (Å²) in [5, 5.41) is 7.60. The van der Waals surface area contributed by atoms with Gasteiger partial charge in [0, 0.05) is 6.08 Å². The fourth-order valence-electron chi connectivity index (χ4n) is 0.353. The summed E-state index contributed by atoms with van der Waals surface area (Å²) in [4.78, 5) is 9.25. The first-order valence-corrected chi connectivity index (χ1v) is 3.69. The van der Waals surface area contributed by atoms with Crippen LogP contribution in [0.25, 0.3) is 0 Å². The molecule has 0 aromatic heterocycles. The third kappa shape index (κ3) is 18.4. The Balaban J connectivity index is -0.000000280. The van der Waals surface area contributed by atoms with Gasteiger partial charge in [-0.3, -0.25) is 6.92 Å². The molecule has 9 heteroatoms. The van der Waals surface area contributed by atoms with Crippen LogP contribution in [-0.2, 0) is 4.79 Å². The molecule has 0 rings (SSSR count). The molecular formula is C8H9F6NaO2. The monoisotopic (exact) mass is 274 g/mol. The number of carboxylic acids is 1. The van der Waals surface area contributed by atoms with Crippen LogP contribution in [0.3, 0.4) is 0 Å². The molecule has 0 aromatic carbocycles. The first-order chi connectivity index (χ1) is 6.90. The number of alkyl halides is 6. The van der Waals surface area contributed by atoms with Gasteiger partial charge < -0.3 is 5.11 Å². The summed E-state index contributed by atoms with van der Waals surface area (Å²) in [6, 6.07) is 0. The zero-order valence-electron chi connectivity index (χ0n) is 8.90. The van der Waals surface area contributed by atoms with Gasteiger partial charge in [0.15, 0.2) is 5.92 Å². The van der Waals surface area contributed by atoms with Crippen LogP contribution in [-0.4, -0.2) is 29.3 Å². The van der Waals surface area contributed by atoms with Crippen molar-refractivity contribution in [2.45, 2.75) is 24.7 Å². The molecule has 17 heavy (non-hydrogen) atoms. The van der Waals surface area contributed by atoms with Gasteiger partial charge in [-0.15, -0.1) is 0 Å². The van der Waals surface area contributed by atoms with Gasteiger partial charge in [-0.2, -0.15) is 13.2 Å². The van der Waals surface area contributed by atoms with Gasteiger partial charge in [-0.25, -0.2) is 18.0 Å². The first-order valence-electron chi connectivity index (χ1n) is 3.69. The molecule has 0 spiro atoms. The standard InChI is InChI=1S/C5H5F6.C3H4O2.Na/c1-4(7,8)3(6)2-5(9,10)11;1-2-3(4)5;/h3H,1-2H2;2H,1H2,(H,4,5);/q-1;;+1. The smallest absolute Gasteiger partial charge is 0.478 e. The number of carbonyl (C=O) groups is 1. The van der Waals surface area contributed by atoms with Gasteiger partial charge >= 0.3 is 41.7 Å². The quantitative estimate of drug-likeness (QED) is 0.341. The molecule has 0 saturated carbocycles. The molecule has 1 atom stereocenters. The van der Waals surface area contributed by atoms with Crippen molar-refractivity contribution < 1.29 is 65.8 Å². The van der Waals surface area contributed by atoms with E-state index in [0.29, 0.717) is 0 Å². The minimum atomic E-state index is -4.92. The molecule has 0 bridgehead atoms. The van der Waals surface area contributed by atoms with Gasteiger partial charge in [0.25, 0.3) is 0 Å². The van der Waals surface area contributed by atoms with E-state index in [4.69, 9.17) is 5.11 Å². The topological polar surface area (TPSA) is 37.3 Å². The number of aliphatic carboxylic acids is 1. The molecule has 0 aliphatic rings. The fourth-order valence-corrected chi connectivity index (χ4v) is 0.353. The van der Waals surface area contributed by atoms with Crippen LogP contribution in [0.2, 0.25) is 0 Å². The molecule has 0 radical (unpaired) electrons. The second-order valence-corrected chi connectivity index (χ2v) is 2.59. The predicted molar refractivity (Wildman–Crippen MR) is 43.7 cm³/mol. The summed E-state index contributed by atoms with van der Waals surface area (Å²) in [5.74, 6) is -5.15. The van der Waals surface area contributed by atoms with Gasteiger partial charge in [0.05, 0.1) is 6.42 Å². The Labute approximate surface area is 116 Å². The van der Waals surface area contributed by atoms with Crippen LogP contribution in [0, 0.1) is 6.92 Å². The Morgan fingerprint density at radius 2 is 1.65 bits per heavy atom. The third-order valence-electron chi connectivity index (χ3n) is 1.04. The van der Waals surface area contributed by atoms with Gasteiger partial charge in [-0.05, 0) is 0 Å². The molecule has 0 aromatic rings. The van der Waals surface area contributed by atoms with Crippen LogP contribution in [0.15, 0.2) is 12.7 Å². The maximum absolute atomic E-state index is 11.9. The van der Waals surface area contributed by atoms with E-state index in [1.807, 2.05) is 6.92 Å². The van der Waals surface area contributed by atoms with Crippen LogP contribution < -0.4 is 29.6 Å². The predicted octanol–water partition coefficient (Wildman–Crippen LogP) is 0.00729. The molecule has 0 aliphatic heterocycles. The van der Waals surface area contributed by atoms with Crippen LogP contribution in [0.4, 0.5) is 26.3 Å². The summed E-state index contributed by atoms with van der Waals surface area (Å²) >= 11 is 0. The Morgan fingerprint density at radius 1 is 1.35 bits per heavy atom. The van der Waals surface area contributed by atoms with Crippen LogP contribution >= 0.6 is 0 Å². The van der Waals surface area contributed by atoms with E-state index in [1.165, 1.54) is 0 Å². The first kappa shape index (κ1) is 22.0. The van der Waals surface area contributed by atoms with Crippen molar-refractivity contribution in [3.8, 4) is 0 Å². The molecule has 2 nitrogen and oxygen atoms in total. The number of carboxylic acid groups (broad SMARTS) is 1. The van der Waals surface area contributed by atoms with E-state index in [0.717, 1.165) is 6.08 Å². The minimum absolute atomic E-state index is 0. The maximum Gasteiger partial charge on any atom is 1.00 e. The van der Waals surface area contributed by atoms with E-state index in [1.54, 1.807) is 0 Å². The van der Waals surface area contributed by atoms with Crippen molar-refractivity contribution in [1.29, 1.82) is 0 Å². The van der Waals surface area contributed by atoms with E-state index >= 15 is 0 Å². The van der Waals surface area contributed by atoms with Crippen LogP contribution in [0.5, 0.6) is 0 Å². The molecule has 1 unspecified atom stereocenters. The molecule has 0 amide bonds. The fraction of sp³-hybridized carbons (Fsp3) is 0.500. The normalized spacial score (nSPS) is 12.6. The number of halogens is 6. The number of hydrogen-bond acceptors (Lipinski definition) is 1. The molecule has 96 valence electrons. The molecule has 0 saturated heterocycles. The third-order valence-corrected chi connectivity index (χ3v) is 1.04. The van der Waals surface area contributed by atoms with Crippen molar-refractivity contribution >= 4 is 5.97 Å². The van der Waals surface area contributed by atoms with E-state index in [9.17, 15) is 31.1 Å². The van der Waals surface area contributed by atoms with Crippen LogP contribution in [0.1, 0.15) is 6.42 Å².